The minimum Gasteiger partial charge on any atom is -0.467 e. The molecule has 0 radical (unpaired) electrons. The first kappa shape index (κ1) is 17.5. The predicted octanol–water partition coefficient (Wildman–Crippen LogP) is 2.23. The highest BCUT2D eigenvalue weighted by Crippen LogP contribution is 2.18. The van der Waals surface area contributed by atoms with Crippen LogP contribution in [-0.2, 0) is 6.54 Å². The van der Waals surface area contributed by atoms with Crippen LogP contribution in [0.2, 0.25) is 0 Å². The molecule has 1 aliphatic rings. The summed E-state index contributed by atoms with van der Waals surface area (Å²) in [7, 11) is 2.17. The van der Waals surface area contributed by atoms with Gasteiger partial charge in [0.25, 0.3) is 0 Å². The Labute approximate surface area is 148 Å². The lowest BCUT2D eigenvalue weighted by Crippen LogP contribution is -2.33. The fraction of sp³-hybridized carbons (Fsp3) is 0.588. The molecule has 0 atom stereocenters. The van der Waals surface area contributed by atoms with E-state index in [4.69, 9.17) is 9.15 Å². The molecule has 3 rings (SSSR count). The first-order chi connectivity index (χ1) is 12.2. The molecule has 0 aliphatic carbocycles. The molecular formula is C17H26N6O2. The van der Waals surface area contributed by atoms with Crippen molar-refractivity contribution < 1.29 is 9.15 Å². The second-order valence-corrected chi connectivity index (χ2v) is 6.26. The minimum absolute atomic E-state index is 0.324. The Balaban J connectivity index is 1.60. The number of piperidine rings is 1. The molecule has 0 saturated carbocycles. The molecule has 0 unspecified atom stereocenters. The third-order valence-corrected chi connectivity index (χ3v) is 4.28. The average molecular weight is 346 g/mol. The van der Waals surface area contributed by atoms with Crippen LogP contribution in [-0.4, -0.2) is 53.1 Å². The van der Waals surface area contributed by atoms with E-state index in [0.717, 1.165) is 25.4 Å². The molecule has 0 aromatic carbocycles. The first-order valence-electron chi connectivity index (χ1n) is 8.80. The maximum absolute atomic E-state index is 5.46. The highest BCUT2D eigenvalue weighted by molar-refractivity contribution is 5.36. The molecule has 0 amide bonds. The van der Waals surface area contributed by atoms with E-state index >= 15 is 0 Å². The molecule has 2 N–H and O–H groups in total. The monoisotopic (exact) mass is 346 g/mol. The summed E-state index contributed by atoms with van der Waals surface area (Å²) in [5.74, 6) is 2.47. The summed E-state index contributed by atoms with van der Waals surface area (Å²) in [6, 6.07) is 4.08. The molecule has 8 heteroatoms. The van der Waals surface area contributed by atoms with Crippen LogP contribution < -0.4 is 15.4 Å². The molecule has 1 fully saturated rings. The molecule has 2 aromatic rings. The van der Waals surface area contributed by atoms with E-state index in [0.29, 0.717) is 37.0 Å². The number of anilines is 2. The Morgan fingerprint density at radius 1 is 1.20 bits per heavy atom. The summed E-state index contributed by atoms with van der Waals surface area (Å²) in [6.07, 6.45) is 4.03. The van der Waals surface area contributed by atoms with Crippen molar-refractivity contribution in [3.05, 3.63) is 24.2 Å². The SMILES string of the molecule is CCOc1nc(NCc2ccco2)nc(NCC2CCN(C)CC2)n1. The Morgan fingerprint density at radius 3 is 2.64 bits per heavy atom. The van der Waals surface area contributed by atoms with Gasteiger partial charge >= 0.3 is 6.01 Å². The number of nitrogens with one attached hydrogen (secondary N) is 2. The van der Waals surface area contributed by atoms with Crippen molar-refractivity contribution in [3.63, 3.8) is 0 Å². The van der Waals surface area contributed by atoms with Crippen molar-refractivity contribution in [3.8, 4) is 6.01 Å². The normalized spacial score (nSPS) is 15.9. The van der Waals surface area contributed by atoms with Gasteiger partial charge in [-0.25, -0.2) is 0 Å². The van der Waals surface area contributed by atoms with Crippen LogP contribution in [0.3, 0.4) is 0 Å². The molecule has 1 saturated heterocycles. The third-order valence-electron chi connectivity index (χ3n) is 4.28. The van der Waals surface area contributed by atoms with Gasteiger partial charge < -0.3 is 24.7 Å². The Hall–Kier alpha value is -2.35. The largest absolute Gasteiger partial charge is 0.467 e. The summed E-state index contributed by atoms with van der Waals surface area (Å²) in [5, 5.41) is 6.48. The number of ether oxygens (including phenoxy) is 1. The number of likely N-dealkylation sites (tertiary alicyclic amines) is 1. The van der Waals surface area contributed by atoms with Crippen LogP contribution in [0.25, 0.3) is 0 Å². The van der Waals surface area contributed by atoms with E-state index in [9.17, 15) is 0 Å². The molecule has 3 heterocycles. The summed E-state index contributed by atoms with van der Waals surface area (Å²) >= 11 is 0. The quantitative estimate of drug-likeness (QED) is 0.752. The van der Waals surface area contributed by atoms with E-state index in [-0.39, 0.29) is 0 Å². The lowest BCUT2D eigenvalue weighted by Gasteiger charge is -2.28. The van der Waals surface area contributed by atoms with Crippen molar-refractivity contribution in [1.82, 2.24) is 19.9 Å². The van der Waals surface area contributed by atoms with Gasteiger partial charge in [0, 0.05) is 6.54 Å². The van der Waals surface area contributed by atoms with Gasteiger partial charge in [-0.05, 0) is 58.0 Å². The van der Waals surface area contributed by atoms with E-state index in [1.807, 2.05) is 19.1 Å². The maximum Gasteiger partial charge on any atom is 0.323 e. The van der Waals surface area contributed by atoms with Gasteiger partial charge in [0.15, 0.2) is 0 Å². The molecule has 1 aliphatic heterocycles. The number of nitrogens with zero attached hydrogens (tertiary/aromatic N) is 4. The zero-order valence-corrected chi connectivity index (χ0v) is 14.9. The van der Waals surface area contributed by atoms with Crippen LogP contribution in [0.4, 0.5) is 11.9 Å². The minimum atomic E-state index is 0.324. The van der Waals surface area contributed by atoms with Gasteiger partial charge in [-0.3, -0.25) is 0 Å². The Bertz CT molecular complexity index is 641. The lowest BCUT2D eigenvalue weighted by atomic mass is 9.97. The Morgan fingerprint density at radius 2 is 1.96 bits per heavy atom. The number of furan rings is 1. The van der Waals surface area contributed by atoms with Crippen molar-refractivity contribution in [2.24, 2.45) is 5.92 Å². The second kappa shape index (κ2) is 8.66. The van der Waals surface area contributed by atoms with E-state index in [2.05, 4.69) is 37.5 Å². The van der Waals surface area contributed by atoms with Crippen molar-refractivity contribution in [2.75, 3.05) is 43.9 Å². The van der Waals surface area contributed by atoms with Gasteiger partial charge in [0.1, 0.15) is 5.76 Å². The molecule has 2 aromatic heterocycles. The number of rotatable bonds is 8. The van der Waals surface area contributed by atoms with Crippen LogP contribution in [0.5, 0.6) is 6.01 Å². The summed E-state index contributed by atoms with van der Waals surface area (Å²) in [4.78, 5) is 15.4. The maximum atomic E-state index is 5.46. The van der Waals surface area contributed by atoms with Crippen LogP contribution in [0.15, 0.2) is 22.8 Å². The number of hydrogen-bond acceptors (Lipinski definition) is 8. The Kier molecular flexibility index (Phi) is 6.05. The van der Waals surface area contributed by atoms with Gasteiger partial charge in [-0.15, -0.1) is 0 Å². The number of hydrogen-bond donors (Lipinski definition) is 2. The smallest absolute Gasteiger partial charge is 0.323 e. The molecule has 0 spiro atoms. The van der Waals surface area contributed by atoms with Gasteiger partial charge in [0.2, 0.25) is 11.9 Å². The number of aromatic nitrogens is 3. The summed E-state index contributed by atoms with van der Waals surface area (Å²) in [5.41, 5.74) is 0. The van der Waals surface area contributed by atoms with Crippen LogP contribution in [0.1, 0.15) is 25.5 Å². The highest BCUT2D eigenvalue weighted by atomic mass is 16.5. The average Bonchev–Trinajstić information content (AvgIpc) is 3.13. The summed E-state index contributed by atoms with van der Waals surface area (Å²) in [6.45, 7) is 6.08. The van der Waals surface area contributed by atoms with Gasteiger partial charge in [0.05, 0.1) is 19.4 Å². The van der Waals surface area contributed by atoms with Crippen LogP contribution in [0, 0.1) is 5.92 Å². The predicted molar refractivity (Wildman–Crippen MR) is 95.7 cm³/mol. The standard InChI is InChI=1S/C17H26N6O2/c1-3-24-17-21-15(18-11-13-6-8-23(2)9-7-13)20-16(22-17)19-12-14-5-4-10-25-14/h4-5,10,13H,3,6-9,11-12H2,1-2H3,(H2,18,19,20,21,22). The molecule has 25 heavy (non-hydrogen) atoms. The second-order valence-electron chi connectivity index (χ2n) is 6.26. The van der Waals surface area contributed by atoms with Crippen LogP contribution >= 0.6 is 0 Å². The molecule has 8 nitrogen and oxygen atoms in total. The fourth-order valence-corrected chi connectivity index (χ4v) is 2.79. The van der Waals surface area contributed by atoms with Gasteiger partial charge in [-0.2, -0.15) is 15.0 Å². The zero-order valence-electron chi connectivity index (χ0n) is 14.9. The van der Waals surface area contributed by atoms with E-state index in [1.54, 1.807) is 6.26 Å². The molecule has 136 valence electrons. The van der Waals surface area contributed by atoms with E-state index < -0.39 is 0 Å². The van der Waals surface area contributed by atoms with Crippen molar-refractivity contribution >= 4 is 11.9 Å². The fourth-order valence-electron chi connectivity index (χ4n) is 2.79. The van der Waals surface area contributed by atoms with Gasteiger partial charge in [-0.1, -0.05) is 0 Å². The highest BCUT2D eigenvalue weighted by Gasteiger charge is 2.17. The summed E-state index contributed by atoms with van der Waals surface area (Å²) < 4.78 is 10.8. The van der Waals surface area contributed by atoms with Crippen molar-refractivity contribution in [2.45, 2.75) is 26.3 Å². The lowest BCUT2D eigenvalue weighted by molar-refractivity contribution is 0.226. The first-order valence-corrected chi connectivity index (χ1v) is 8.80. The topological polar surface area (TPSA) is 88.3 Å². The molecular weight excluding hydrogens is 320 g/mol. The third kappa shape index (κ3) is 5.32. The van der Waals surface area contributed by atoms with E-state index in [1.165, 1.54) is 12.8 Å². The molecule has 0 bridgehead atoms. The van der Waals surface area contributed by atoms with Crippen molar-refractivity contribution in [1.29, 1.82) is 0 Å². The zero-order chi connectivity index (χ0) is 17.5.